The molecule has 140 valence electrons. The second-order valence-corrected chi connectivity index (χ2v) is 8.97. The number of rotatable bonds is 4. The molecule has 2 fully saturated rings. The molecule has 2 saturated carbocycles. The van der Waals surface area contributed by atoms with Crippen LogP contribution in [-0.4, -0.2) is 22.0 Å². The highest BCUT2D eigenvalue weighted by atomic mass is 35.5. The van der Waals surface area contributed by atoms with E-state index in [-0.39, 0.29) is 23.9 Å². The van der Waals surface area contributed by atoms with Crippen molar-refractivity contribution >= 4 is 28.6 Å². The fraction of sp³-hybridized carbons (Fsp3) is 0.619. The van der Waals surface area contributed by atoms with Gasteiger partial charge in [0, 0.05) is 10.9 Å². The molecule has 5 heteroatoms. The number of halogens is 1. The summed E-state index contributed by atoms with van der Waals surface area (Å²) in [6.07, 6.45) is 4.29. The van der Waals surface area contributed by atoms with Crippen LogP contribution in [0.2, 0.25) is 5.02 Å². The number of benzene rings is 1. The van der Waals surface area contributed by atoms with Crippen LogP contribution < -0.4 is 0 Å². The van der Waals surface area contributed by atoms with E-state index in [0.29, 0.717) is 22.8 Å². The minimum atomic E-state index is -0.0592. The van der Waals surface area contributed by atoms with Crippen LogP contribution in [0.1, 0.15) is 58.2 Å². The summed E-state index contributed by atoms with van der Waals surface area (Å²) in [6, 6.07) is 5.62. The molecule has 2 aliphatic carbocycles. The van der Waals surface area contributed by atoms with Crippen molar-refractivity contribution in [2.45, 2.75) is 58.5 Å². The van der Waals surface area contributed by atoms with Crippen molar-refractivity contribution < 1.29 is 9.53 Å². The zero-order chi connectivity index (χ0) is 18.4. The van der Waals surface area contributed by atoms with Crippen LogP contribution in [0.25, 0.3) is 11.0 Å². The van der Waals surface area contributed by atoms with Crippen LogP contribution in [0.5, 0.6) is 0 Å². The molecule has 2 aliphatic rings. The first kappa shape index (κ1) is 17.8. The predicted molar refractivity (Wildman–Crippen MR) is 103 cm³/mol. The maximum atomic E-state index is 12.7. The second-order valence-electron chi connectivity index (χ2n) is 8.53. The van der Waals surface area contributed by atoms with Gasteiger partial charge in [0.25, 0.3) is 0 Å². The van der Waals surface area contributed by atoms with E-state index in [1.807, 2.05) is 18.2 Å². The summed E-state index contributed by atoms with van der Waals surface area (Å²) in [5, 5.41) is 0.686. The number of esters is 1. The molecule has 0 saturated heterocycles. The van der Waals surface area contributed by atoms with Crippen LogP contribution in [0.4, 0.5) is 0 Å². The first-order valence-corrected chi connectivity index (χ1v) is 10.2. The molecule has 1 N–H and O–H groups in total. The Morgan fingerprint density at radius 2 is 2.12 bits per heavy atom. The molecule has 1 heterocycles. The van der Waals surface area contributed by atoms with E-state index in [1.54, 1.807) is 0 Å². The van der Waals surface area contributed by atoms with Gasteiger partial charge in [-0.25, -0.2) is 4.98 Å². The number of nitrogens with zero attached hydrogens (tertiary/aromatic N) is 1. The van der Waals surface area contributed by atoms with Crippen molar-refractivity contribution in [3.05, 3.63) is 29.0 Å². The van der Waals surface area contributed by atoms with E-state index >= 15 is 0 Å². The van der Waals surface area contributed by atoms with Gasteiger partial charge in [0.1, 0.15) is 11.9 Å². The molecular weight excluding hydrogens is 348 g/mol. The van der Waals surface area contributed by atoms with Gasteiger partial charge in [-0.3, -0.25) is 4.79 Å². The minimum Gasteiger partial charge on any atom is -0.462 e. The van der Waals surface area contributed by atoms with Gasteiger partial charge in [0.15, 0.2) is 0 Å². The first-order chi connectivity index (χ1) is 12.4. The Morgan fingerprint density at radius 3 is 2.88 bits per heavy atom. The van der Waals surface area contributed by atoms with Crippen LogP contribution in [0.15, 0.2) is 18.2 Å². The monoisotopic (exact) mass is 374 g/mol. The molecule has 5 atom stereocenters. The van der Waals surface area contributed by atoms with E-state index in [2.05, 4.69) is 30.7 Å². The molecule has 0 amide bonds. The fourth-order valence-electron chi connectivity index (χ4n) is 4.42. The van der Waals surface area contributed by atoms with Crippen LogP contribution in [-0.2, 0) is 9.53 Å². The normalized spacial score (nSPS) is 31.3. The number of H-pyrrole nitrogens is 1. The quantitative estimate of drug-likeness (QED) is 0.736. The summed E-state index contributed by atoms with van der Waals surface area (Å²) in [5.74, 6) is 2.59. The largest absolute Gasteiger partial charge is 0.462 e. The Hall–Kier alpha value is -1.55. The van der Waals surface area contributed by atoms with Gasteiger partial charge in [-0.05, 0) is 55.2 Å². The molecule has 1 aromatic carbocycles. The zero-order valence-electron chi connectivity index (χ0n) is 15.7. The van der Waals surface area contributed by atoms with Crippen molar-refractivity contribution in [1.82, 2.24) is 9.97 Å². The van der Waals surface area contributed by atoms with Crippen molar-refractivity contribution in [3.8, 4) is 0 Å². The number of ether oxygens (including phenoxy) is 1. The number of aromatic amines is 1. The summed E-state index contributed by atoms with van der Waals surface area (Å²) in [7, 11) is 0. The molecule has 26 heavy (non-hydrogen) atoms. The zero-order valence-corrected chi connectivity index (χ0v) is 16.4. The third kappa shape index (κ3) is 3.48. The van der Waals surface area contributed by atoms with E-state index in [0.717, 1.165) is 36.1 Å². The minimum absolute atomic E-state index is 0.0433. The molecular formula is C21H27ClN2O2. The van der Waals surface area contributed by atoms with Crippen molar-refractivity contribution in [2.75, 3.05) is 0 Å². The van der Waals surface area contributed by atoms with Gasteiger partial charge >= 0.3 is 5.97 Å². The van der Waals surface area contributed by atoms with Crippen LogP contribution in [0, 0.1) is 23.7 Å². The predicted octanol–water partition coefficient (Wildman–Crippen LogP) is 5.32. The summed E-state index contributed by atoms with van der Waals surface area (Å²) in [6.45, 7) is 6.73. The fourth-order valence-corrected chi connectivity index (χ4v) is 4.59. The van der Waals surface area contributed by atoms with E-state index in [1.165, 1.54) is 6.42 Å². The molecule has 0 unspecified atom stereocenters. The lowest BCUT2D eigenvalue weighted by Gasteiger charge is -2.36. The summed E-state index contributed by atoms with van der Waals surface area (Å²) in [5.41, 5.74) is 1.82. The molecule has 2 aromatic rings. The average molecular weight is 375 g/mol. The number of carbonyl (C=O) groups excluding carboxylic acids is 1. The smallest absolute Gasteiger partial charge is 0.309 e. The van der Waals surface area contributed by atoms with E-state index in [4.69, 9.17) is 16.3 Å². The number of fused-ring (bicyclic) bond motifs is 1. The standard InChI is InChI=1S/C21H27ClN2O2/c1-11(2)14-6-4-12(3)8-19(14)26-21(25)16-10-15(16)20-23-17-7-5-13(22)9-18(17)24-20/h5,7,9,11-12,14-16,19H,4,6,8,10H2,1-3H3,(H,23,24)/t12-,14+,15+,16+,19-/m1/s1. The van der Waals surface area contributed by atoms with Crippen LogP contribution >= 0.6 is 11.6 Å². The van der Waals surface area contributed by atoms with Crippen molar-refractivity contribution in [2.24, 2.45) is 23.7 Å². The van der Waals surface area contributed by atoms with E-state index < -0.39 is 0 Å². The summed E-state index contributed by atoms with van der Waals surface area (Å²) >= 11 is 6.04. The maximum Gasteiger partial charge on any atom is 0.309 e. The SMILES string of the molecule is CC(C)[C@@H]1CC[C@@H](C)C[C@H]1OC(=O)[C@H]1C[C@@H]1c1nc2ccc(Cl)cc2[nH]1. The molecule has 4 rings (SSSR count). The van der Waals surface area contributed by atoms with E-state index in [9.17, 15) is 4.79 Å². The Balaban J connectivity index is 1.42. The van der Waals surface area contributed by atoms with Gasteiger partial charge < -0.3 is 9.72 Å². The Labute approximate surface area is 159 Å². The topological polar surface area (TPSA) is 55.0 Å². The number of hydrogen-bond donors (Lipinski definition) is 1. The molecule has 4 nitrogen and oxygen atoms in total. The maximum absolute atomic E-state index is 12.7. The third-order valence-corrected chi connectivity index (χ3v) is 6.37. The number of carbonyl (C=O) groups is 1. The first-order valence-electron chi connectivity index (χ1n) is 9.78. The number of aromatic nitrogens is 2. The highest BCUT2D eigenvalue weighted by molar-refractivity contribution is 6.31. The highest BCUT2D eigenvalue weighted by Crippen LogP contribution is 2.48. The Morgan fingerprint density at radius 1 is 1.31 bits per heavy atom. The second kappa shape index (κ2) is 6.88. The van der Waals surface area contributed by atoms with Crippen LogP contribution in [0.3, 0.4) is 0 Å². The molecule has 0 aliphatic heterocycles. The molecule has 1 aromatic heterocycles. The third-order valence-electron chi connectivity index (χ3n) is 6.14. The highest BCUT2D eigenvalue weighted by Gasteiger charge is 2.48. The van der Waals surface area contributed by atoms with Gasteiger partial charge in [0.2, 0.25) is 0 Å². The summed E-state index contributed by atoms with van der Waals surface area (Å²) < 4.78 is 6.00. The Bertz CT molecular complexity index is 815. The van der Waals surface area contributed by atoms with Gasteiger partial charge in [-0.2, -0.15) is 0 Å². The number of imidazole rings is 1. The number of hydrogen-bond acceptors (Lipinski definition) is 3. The molecule has 0 bridgehead atoms. The lowest BCUT2D eigenvalue weighted by Crippen LogP contribution is -2.36. The lowest BCUT2D eigenvalue weighted by atomic mass is 9.75. The number of nitrogens with one attached hydrogen (secondary N) is 1. The lowest BCUT2D eigenvalue weighted by molar-refractivity contribution is -0.157. The molecule has 0 spiro atoms. The van der Waals surface area contributed by atoms with Crippen molar-refractivity contribution in [1.29, 1.82) is 0 Å². The molecule has 0 radical (unpaired) electrons. The average Bonchev–Trinajstić information content (AvgIpc) is 3.28. The van der Waals surface area contributed by atoms with Crippen molar-refractivity contribution in [3.63, 3.8) is 0 Å². The van der Waals surface area contributed by atoms with Gasteiger partial charge in [0.05, 0.1) is 17.0 Å². The Kier molecular flexibility index (Phi) is 4.72. The van der Waals surface area contributed by atoms with Gasteiger partial charge in [-0.15, -0.1) is 0 Å². The van der Waals surface area contributed by atoms with Gasteiger partial charge in [-0.1, -0.05) is 38.8 Å². The summed E-state index contributed by atoms with van der Waals surface area (Å²) in [4.78, 5) is 20.7.